The van der Waals surface area contributed by atoms with Crippen LogP contribution in [0.3, 0.4) is 0 Å². The molecule has 0 N–H and O–H groups in total. The standard InChI is InChI=1S/C21H25FN4O3/c1-14-5-4-6-18(19(14)22)16-7-23-20(24-8-16)26-9-17(10-26)25-29-13-15-11-27-21(2,3)28-12-15/h4-8,15H,9-13H2,1-3H3. The molecule has 0 amide bonds. The molecule has 2 aliphatic heterocycles. The van der Waals surface area contributed by atoms with Crippen LogP contribution >= 0.6 is 0 Å². The fourth-order valence-corrected chi connectivity index (χ4v) is 3.14. The van der Waals surface area contributed by atoms with Crippen molar-refractivity contribution in [1.29, 1.82) is 0 Å². The highest BCUT2D eigenvalue weighted by Crippen LogP contribution is 2.25. The van der Waals surface area contributed by atoms with Gasteiger partial charge in [-0.3, -0.25) is 0 Å². The van der Waals surface area contributed by atoms with Crippen molar-refractivity contribution < 1.29 is 18.7 Å². The largest absolute Gasteiger partial charge is 0.395 e. The lowest BCUT2D eigenvalue weighted by atomic mass is 10.1. The van der Waals surface area contributed by atoms with Crippen molar-refractivity contribution in [2.45, 2.75) is 26.6 Å². The first-order chi connectivity index (χ1) is 13.9. The number of benzene rings is 1. The topological polar surface area (TPSA) is 69.1 Å². The molecule has 0 atom stereocenters. The molecule has 0 unspecified atom stereocenters. The van der Waals surface area contributed by atoms with Gasteiger partial charge >= 0.3 is 0 Å². The van der Waals surface area contributed by atoms with Crippen LogP contribution in [0.4, 0.5) is 10.3 Å². The van der Waals surface area contributed by atoms with Crippen molar-refractivity contribution in [3.05, 3.63) is 42.0 Å². The Kier molecular flexibility index (Phi) is 5.47. The maximum absolute atomic E-state index is 14.3. The van der Waals surface area contributed by atoms with Gasteiger partial charge in [-0.1, -0.05) is 23.4 Å². The molecule has 0 radical (unpaired) electrons. The Morgan fingerprint density at radius 1 is 1.21 bits per heavy atom. The molecule has 2 aliphatic rings. The molecule has 7 nitrogen and oxygen atoms in total. The summed E-state index contributed by atoms with van der Waals surface area (Å²) in [4.78, 5) is 16.2. The van der Waals surface area contributed by atoms with Gasteiger partial charge in [0.25, 0.3) is 0 Å². The monoisotopic (exact) mass is 400 g/mol. The highest BCUT2D eigenvalue weighted by Gasteiger charge is 2.29. The molecule has 2 saturated heterocycles. The zero-order valence-corrected chi connectivity index (χ0v) is 16.9. The van der Waals surface area contributed by atoms with Crippen molar-refractivity contribution in [2.24, 2.45) is 11.1 Å². The van der Waals surface area contributed by atoms with Gasteiger partial charge in [0.15, 0.2) is 5.79 Å². The molecule has 0 spiro atoms. The molecule has 29 heavy (non-hydrogen) atoms. The van der Waals surface area contributed by atoms with Gasteiger partial charge in [-0.05, 0) is 26.3 Å². The maximum atomic E-state index is 14.3. The summed E-state index contributed by atoms with van der Waals surface area (Å²) in [5.74, 6) is 0.0209. The molecular formula is C21H25FN4O3. The molecule has 2 aromatic rings. The van der Waals surface area contributed by atoms with Crippen LogP contribution < -0.4 is 4.90 Å². The zero-order valence-electron chi connectivity index (χ0n) is 16.9. The number of hydrogen-bond acceptors (Lipinski definition) is 7. The van der Waals surface area contributed by atoms with E-state index in [1.165, 1.54) is 0 Å². The van der Waals surface area contributed by atoms with Gasteiger partial charge in [0.1, 0.15) is 12.4 Å². The van der Waals surface area contributed by atoms with Crippen molar-refractivity contribution in [1.82, 2.24) is 9.97 Å². The Bertz CT molecular complexity index is 883. The predicted molar refractivity (Wildman–Crippen MR) is 107 cm³/mol. The predicted octanol–water partition coefficient (Wildman–Crippen LogP) is 3.18. The lowest BCUT2D eigenvalue weighted by Gasteiger charge is -2.34. The highest BCUT2D eigenvalue weighted by atomic mass is 19.1. The summed E-state index contributed by atoms with van der Waals surface area (Å²) in [6.45, 7) is 8.45. The summed E-state index contributed by atoms with van der Waals surface area (Å²) in [5.41, 5.74) is 2.70. The zero-order chi connectivity index (χ0) is 20.4. The van der Waals surface area contributed by atoms with Crippen LogP contribution in [0.25, 0.3) is 11.1 Å². The number of aryl methyl sites for hydroxylation is 1. The van der Waals surface area contributed by atoms with Crippen molar-refractivity contribution >= 4 is 11.7 Å². The third-order valence-electron chi connectivity index (χ3n) is 5.01. The Hall–Kier alpha value is -2.58. The maximum Gasteiger partial charge on any atom is 0.225 e. The first-order valence-electron chi connectivity index (χ1n) is 9.69. The van der Waals surface area contributed by atoms with Gasteiger partial charge in [-0.2, -0.15) is 0 Å². The minimum atomic E-state index is -0.516. The molecule has 1 aromatic carbocycles. The Balaban J connectivity index is 1.27. The number of aromatic nitrogens is 2. The van der Waals surface area contributed by atoms with E-state index < -0.39 is 5.79 Å². The van der Waals surface area contributed by atoms with Crippen LogP contribution in [-0.4, -0.2) is 54.4 Å². The van der Waals surface area contributed by atoms with Gasteiger partial charge in [0.2, 0.25) is 5.95 Å². The minimum Gasteiger partial charge on any atom is -0.395 e. The smallest absolute Gasteiger partial charge is 0.225 e. The van der Waals surface area contributed by atoms with E-state index in [0.717, 1.165) is 5.71 Å². The average molecular weight is 400 g/mol. The van der Waals surface area contributed by atoms with Gasteiger partial charge in [0.05, 0.1) is 32.0 Å². The first-order valence-corrected chi connectivity index (χ1v) is 9.69. The third kappa shape index (κ3) is 4.54. The van der Waals surface area contributed by atoms with Gasteiger partial charge in [-0.25, -0.2) is 14.4 Å². The molecule has 0 aliphatic carbocycles. The van der Waals surface area contributed by atoms with Crippen molar-refractivity contribution in [2.75, 3.05) is 37.8 Å². The van der Waals surface area contributed by atoms with Gasteiger partial charge < -0.3 is 19.2 Å². The molecule has 8 heteroatoms. The molecule has 1 aromatic heterocycles. The van der Waals surface area contributed by atoms with Crippen LogP contribution in [-0.2, 0) is 14.3 Å². The summed E-state index contributed by atoms with van der Waals surface area (Å²) in [6.07, 6.45) is 3.30. The Labute approximate surface area is 169 Å². The number of oxime groups is 1. The summed E-state index contributed by atoms with van der Waals surface area (Å²) in [6, 6.07) is 5.30. The summed E-state index contributed by atoms with van der Waals surface area (Å²) in [5, 5.41) is 4.18. The van der Waals surface area contributed by atoms with E-state index in [-0.39, 0.29) is 11.7 Å². The Morgan fingerprint density at radius 2 is 1.90 bits per heavy atom. The molecule has 4 rings (SSSR count). The summed E-state index contributed by atoms with van der Waals surface area (Å²) in [7, 11) is 0. The molecular weight excluding hydrogens is 375 g/mol. The van der Waals surface area contributed by atoms with Crippen LogP contribution in [0.1, 0.15) is 19.4 Å². The first kappa shape index (κ1) is 19.7. The normalized spacial score (nSPS) is 19.0. The van der Waals surface area contributed by atoms with E-state index in [0.29, 0.717) is 55.5 Å². The summed E-state index contributed by atoms with van der Waals surface area (Å²) < 4.78 is 25.5. The SMILES string of the molecule is Cc1cccc(-c2cnc(N3CC(=NOCC4COC(C)(C)OC4)C3)nc2)c1F. The number of rotatable bonds is 5. The van der Waals surface area contributed by atoms with E-state index in [9.17, 15) is 4.39 Å². The molecule has 2 fully saturated rings. The van der Waals surface area contributed by atoms with Crippen molar-refractivity contribution in [3.8, 4) is 11.1 Å². The highest BCUT2D eigenvalue weighted by molar-refractivity contribution is 5.98. The number of nitrogens with zero attached hydrogens (tertiary/aromatic N) is 4. The van der Waals surface area contributed by atoms with Crippen LogP contribution in [0.15, 0.2) is 35.7 Å². The van der Waals surface area contributed by atoms with Crippen molar-refractivity contribution in [3.63, 3.8) is 0 Å². The fraction of sp³-hybridized carbons (Fsp3) is 0.476. The molecule has 0 saturated carbocycles. The van der Waals surface area contributed by atoms with Gasteiger partial charge in [-0.15, -0.1) is 0 Å². The van der Waals surface area contributed by atoms with E-state index >= 15 is 0 Å². The molecule has 3 heterocycles. The lowest BCUT2D eigenvalue weighted by Crippen LogP contribution is -2.48. The van der Waals surface area contributed by atoms with Crippen LogP contribution in [0, 0.1) is 18.7 Å². The second kappa shape index (κ2) is 8.04. The average Bonchev–Trinajstić information content (AvgIpc) is 2.67. The second-order valence-electron chi connectivity index (χ2n) is 7.91. The van der Waals surface area contributed by atoms with Crippen LogP contribution in [0.5, 0.6) is 0 Å². The van der Waals surface area contributed by atoms with E-state index in [1.807, 2.05) is 24.8 Å². The second-order valence-corrected chi connectivity index (χ2v) is 7.91. The quantitative estimate of drug-likeness (QED) is 0.718. The van der Waals surface area contributed by atoms with Gasteiger partial charge in [0, 0.05) is 29.4 Å². The lowest BCUT2D eigenvalue weighted by molar-refractivity contribution is -0.266. The number of hydrogen-bond donors (Lipinski definition) is 0. The van der Waals surface area contributed by atoms with E-state index in [1.54, 1.807) is 31.5 Å². The number of halogens is 1. The van der Waals surface area contributed by atoms with Crippen LogP contribution in [0.2, 0.25) is 0 Å². The molecule has 0 bridgehead atoms. The fourth-order valence-electron chi connectivity index (χ4n) is 3.14. The minimum absolute atomic E-state index is 0.182. The molecule has 154 valence electrons. The summed E-state index contributed by atoms with van der Waals surface area (Å²) >= 11 is 0. The third-order valence-corrected chi connectivity index (χ3v) is 5.01. The van der Waals surface area contributed by atoms with E-state index in [4.69, 9.17) is 14.3 Å². The van der Waals surface area contributed by atoms with E-state index in [2.05, 4.69) is 15.1 Å². The number of anilines is 1. The Morgan fingerprint density at radius 3 is 2.59 bits per heavy atom. The number of ether oxygens (including phenoxy) is 2.